The molecular formula is C21H18N4O2. The summed E-state index contributed by atoms with van der Waals surface area (Å²) < 4.78 is 5.89. The minimum absolute atomic E-state index is 0.000229. The first-order chi connectivity index (χ1) is 13.3. The molecule has 134 valence electrons. The minimum atomic E-state index is -0.207. The number of hydrogen-bond acceptors (Lipinski definition) is 5. The number of fused-ring (bicyclic) bond motifs is 1. The van der Waals surface area contributed by atoms with Gasteiger partial charge in [0.1, 0.15) is 12.2 Å². The normalized spacial score (nSPS) is 16.7. The average molecular weight is 358 g/mol. The predicted octanol–water partition coefficient (Wildman–Crippen LogP) is 3.19. The lowest BCUT2D eigenvalue weighted by Crippen LogP contribution is -2.44. The van der Waals surface area contributed by atoms with E-state index in [1.165, 1.54) is 12.4 Å². The summed E-state index contributed by atoms with van der Waals surface area (Å²) in [6, 6.07) is 15.7. The van der Waals surface area contributed by atoms with E-state index in [0.717, 1.165) is 23.6 Å². The van der Waals surface area contributed by atoms with Crippen molar-refractivity contribution in [2.75, 3.05) is 13.1 Å². The van der Waals surface area contributed by atoms with Gasteiger partial charge in [-0.2, -0.15) is 5.26 Å². The quantitative estimate of drug-likeness (QED) is 0.718. The lowest BCUT2D eigenvalue weighted by molar-refractivity contribution is 0.0528. The Morgan fingerprint density at radius 3 is 2.85 bits per heavy atom. The van der Waals surface area contributed by atoms with Crippen molar-refractivity contribution in [2.24, 2.45) is 0 Å². The molecule has 1 aliphatic heterocycles. The Kier molecular flexibility index (Phi) is 4.67. The van der Waals surface area contributed by atoms with E-state index in [2.05, 4.69) is 9.97 Å². The van der Waals surface area contributed by atoms with E-state index in [1.54, 1.807) is 0 Å². The number of aromatic nitrogens is 2. The third-order valence-electron chi connectivity index (χ3n) is 4.73. The molecule has 0 radical (unpaired) electrons. The topological polar surface area (TPSA) is 79.1 Å². The highest BCUT2D eigenvalue weighted by atomic mass is 16.5. The number of piperidine rings is 1. The highest BCUT2D eigenvalue weighted by Crippen LogP contribution is 2.23. The third kappa shape index (κ3) is 3.44. The van der Waals surface area contributed by atoms with Gasteiger partial charge in [-0.15, -0.1) is 0 Å². The van der Waals surface area contributed by atoms with Crippen LogP contribution in [0.2, 0.25) is 0 Å². The van der Waals surface area contributed by atoms with Gasteiger partial charge in [0.05, 0.1) is 6.54 Å². The van der Waals surface area contributed by atoms with Crippen molar-refractivity contribution in [2.45, 2.75) is 18.9 Å². The van der Waals surface area contributed by atoms with E-state index in [1.807, 2.05) is 53.4 Å². The summed E-state index contributed by atoms with van der Waals surface area (Å²) in [4.78, 5) is 23.0. The number of ether oxygens (including phenoxy) is 1. The van der Waals surface area contributed by atoms with Gasteiger partial charge in [-0.3, -0.25) is 4.79 Å². The van der Waals surface area contributed by atoms with E-state index in [9.17, 15) is 4.79 Å². The Morgan fingerprint density at radius 1 is 1.15 bits per heavy atom. The molecule has 1 atom stereocenters. The maximum atomic E-state index is 13.1. The molecule has 2 heterocycles. The van der Waals surface area contributed by atoms with Crippen LogP contribution in [0.4, 0.5) is 0 Å². The van der Waals surface area contributed by atoms with E-state index in [-0.39, 0.29) is 23.6 Å². The first-order valence-electron chi connectivity index (χ1n) is 8.91. The van der Waals surface area contributed by atoms with Gasteiger partial charge >= 0.3 is 0 Å². The first kappa shape index (κ1) is 17.0. The molecule has 1 aliphatic rings. The molecule has 1 unspecified atom stereocenters. The zero-order chi connectivity index (χ0) is 18.6. The van der Waals surface area contributed by atoms with Crippen LogP contribution in [0.15, 0.2) is 54.9 Å². The van der Waals surface area contributed by atoms with Crippen LogP contribution in [-0.2, 0) is 0 Å². The van der Waals surface area contributed by atoms with Gasteiger partial charge in [-0.25, -0.2) is 9.97 Å². The van der Waals surface area contributed by atoms with Crippen LogP contribution in [0.25, 0.3) is 10.8 Å². The molecule has 0 spiro atoms. The van der Waals surface area contributed by atoms with Gasteiger partial charge in [-0.05, 0) is 29.7 Å². The van der Waals surface area contributed by atoms with Gasteiger partial charge in [0.15, 0.2) is 0 Å². The molecule has 1 aromatic heterocycles. The molecule has 3 aromatic rings. The second kappa shape index (κ2) is 7.42. The Balaban J connectivity index is 1.54. The van der Waals surface area contributed by atoms with Crippen LogP contribution in [0.3, 0.4) is 0 Å². The molecule has 1 amide bonds. The molecule has 27 heavy (non-hydrogen) atoms. The molecule has 0 bridgehead atoms. The number of nitriles is 1. The Hall–Kier alpha value is -3.46. The molecule has 0 saturated carbocycles. The van der Waals surface area contributed by atoms with Crippen molar-refractivity contribution >= 4 is 16.7 Å². The first-order valence-corrected chi connectivity index (χ1v) is 8.91. The standard InChI is InChI=1S/C21H18N4O2/c22-13-19-20(24-11-10-23-19)27-16-7-4-12-25(14-16)21(26)18-9-3-6-15-5-1-2-8-17(15)18/h1-3,5-6,8-11,16H,4,7,12,14H2. The second-order valence-electron chi connectivity index (χ2n) is 6.48. The summed E-state index contributed by atoms with van der Waals surface area (Å²) in [6.45, 7) is 1.15. The molecule has 0 N–H and O–H groups in total. The van der Waals surface area contributed by atoms with E-state index in [4.69, 9.17) is 10.00 Å². The van der Waals surface area contributed by atoms with E-state index in [0.29, 0.717) is 18.7 Å². The molecule has 1 fully saturated rings. The predicted molar refractivity (Wildman–Crippen MR) is 100 cm³/mol. The van der Waals surface area contributed by atoms with Gasteiger partial charge in [-0.1, -0.05) is 36.4 Å². The maximum Gasteiger partial charge on any atom is 0.254 e. The SMILES string of the molecule is N#Cc1nccnc1OC1CCCN(C(=O)c2cccc3ccccc23)C1. The summed E-state index contributed by atoms with van der Waals surface area (Å²) >= 11 is 0. The maximum absolute atomic E-state index is 13.1. The molecular weight excluding hydrogens is 340 g/mol. The van der Waals surface area contributed by atoms with Crippen molar-refractivity contribution in [3.05, 3.63) is 66.1 Å². The zero-order valence-corrected chi connectivity index (χ0v) is 14.7. The van der Waals surface area contributed by atoms with Crippen molar-refractivity contribution in [3.8, 4) is 11.9 Å². The fraction of sp³-hybridized carbons (Fsp3) is 0.238. The second-order valence-corrected chi connectivity index (χ2v) is 6.48. The molecule has 6 nitrogen and oxygen atoms in total. The molecule has 6 heteroatoms. The smallest absolute Gasteiger partial charge is 0.254 e. The summed E-state index contributed by atoms with van der Waals surface area (Å²) in [7, 11) is 0. The third-order valence-corrected chi connectivity index (χ3v) is 4.73. The van der Waals surface area contributed by atoms with Crippen LogP contribution < -0.4 is 4.74 Å². The van der Waals surface area contributed by atoms with E-state index >= 15 is 0 Å². The Labute approximate surface area is 157 Å². The van der Waals surface area contributed by atoms with Crippen molar-refractivity contribution in [1.82, 2.24) is 14.9 Å². The van der Waals surface area contributed by atoms with E-state index < -0.39 is 0 Å². The monoisotopic (exact) mass is 358 g/mol. The van der Waals surface area contributed by atoms with Crippen LogP contribution >= 0.6 is 0 Å². The highest BCUT2D eigenvalue weighted by molar-refractivity contribution is 6.07. The summed E-state index contributed by atoms with van der Waals surface area (Å²) in [5.41, 5.74) is 0.862. The van der Waals surface area contributed by atoms with Crippen molar-refractivity contribution < 1.29 is 9.53 Å². The van der Waals surface area contributed by atoms with Crippen LogP contribution in [-0.4, -0.2) is 40.0 Å². The lowest BCUT2D eigenvalue weighted by atomic mass is 10.0. The van der Waals surface area contributed by atoms with Crippen molar-refractivity contribution in [1.29, 1.82) is 5.26 Å². The van der Waals surface area contributed by atoms with Gasteiger partial charge < -0.3 is 9.64 Å². The van der Waals surface area contributed by atoms with Gasteiger partial charge in [0, 0.05) is 24.5 Å². The number of likely N-dealkylation sites (tertiary alicyclic amines) is 1. The summed E-state index contributed by atoms with van der Waals surface area (Å²) in [5, 5.41) is 11.1. The number of rotatable bonds is 3. The number of carbonyl (C=O) groups excluding carboxylic acids is 1. The van der Waals surface area contributed by atoms with Crippen LogP contribution in [0, 0.1) is 11.3 Å². The number of benzene rings is 2. The summed E-state index contributed by atoms with van der Waals surface area (Å²) in [6.07, 6.45) is 4.39. The molecule has 4 rings (SSSR count). The van der Waals surface area contributed by atoms with Crippen molar-refractivity contribution in [3.63, 3.8) is 0 Å². The zero-order valence-electron chi connectivity index (χ0n) is 14.7. The molecule has 0 aliphatic carbocycles. The van der Waals surface area contributed by atoms with Crippen LogP contribution in [0.1, 0.15) is 28.9 Å². The lowest BCUT2D eigenvalue weighted by Gasteiger charge is -2.33. The van der Waals surface area contributed by atoms with Crippen LogP contribution in [0.5, 0.6) is 5.88 Å². The molecule has 1 saturated heterocycles. The van der Waals surface area contributed by atoms with Gasteiger partial charge in [0.25, 0.3) is 11.8 Å². The Morgan fingerprint density at radius 2 is 1.96 bits per heavy atom. The van der Waals surface area contributed by atoms with Gasteiger partial charge in [0.2, 0.25) is 5.69 Å². The number of amides is 1. The number of hydrogen-bond donors (Lipinski definition) is 0. The fourth-order valence-electron chi connectivity index (χ4n) is 3.45. The Bertz CT molecular complexity index is 1020. The average Bonchev–Trinajstić information content (AvgIpc) is 2.73. The minimum Gasteiger partial charge on any atom is -0.470 e. The fourth-order valence-corrected chi connectivity index (χ4v) is 3.45. The molecule has 2 aromatic carbocycles. The largest absolute Gasteiger partial charge is 0.470 e. The number of carbonyl (C=O) groups is 1. The number of nitrogens with zero attached hydrogens (tertiary/aromatic N) is 4. The highest BCUT2D eigenvalue weighted by Gasteiger charge is 2.27. The summed E-state index contributed by atoms with van der Waals surface area (Å²) in [5.74, 6) is 0.226.